The highest BCUT2D eigenvalue weighted by molar-refractivity contribution is 7.89. The molecule has 0 aliphatic heterocycles. The Morgan fingerprint density at radius 1 is 1.16 bits per heavy atom. The third-order valence-electron chi connectivity index (χ3n) is 2.99. The lowest BCUT2D eigenvalue weighted by Crippen LogP contribution is -2.26. The van der Waals surface area contributed by atoms with Gasteiger partial charge in [0.15, 0.2) is 0 Å². The average Bonchev–Trinajstić information content (AvgIpc) is 2.38. The van der Waals surface area contributed by atoms with E-state index in [-0.39, 0.29) is 0 Å². The van der Waals surface area contributed by atoms with Crippen molar-refractivity contribution in [3.05, 3.63) is 24.3 Å². The molecule has 0 amide bonds. The number of likely N-dealkylation sites (N-methyl/N-ethyl adjacent to an activating group) is 1. The number of nitrogens with zero attached hydrogens (tertiary/aromatic N) is 2. The molecule has 0 saturated heterocycles. The van der Waals surface area contributed by atoms with Crippen LogP contribution >= 0.6 is 0 Å². The van der Waals surface area contributed by atoms with Gasteiger partial charge in [0.2, 0.25) is 10.0 Å². The third kappa shape index (κ3) is 4.19. The SMILES string of the molecule is CCN(C)CCNc1ccccc1S(=O)(=O)N(C)C. The Hall–Kier alpha value is -1.11. The number of nitrogens with one attached hydrogen (secondary N) is 1. The molecule has 1 N–H and O–H groups in total. The van der Waals surface area contributed by atoms with E-state index < -0.39 is 10.0 Å². The molecule has 0 aromatic heterocycles. The van der Waals surface area contributed by atoms with Crippen LogP contribution < -0.4 is 5.32 Å². The summed E-state index contributed by atoms with van der Waals surface area (Å²) in [5.74, 6) is 0. The molecule has 1 rings (SSSR count). The van der Waals surface area contributed by atoms with Gasteiger partial charge in [-0.15, -0.1) is 0 Å². The minimum atomic E-state index is -3.41. The quantitative estimate of drug-likeness (QED) is 0.820. The van der Waals surface area contributed by atoms with Crippen LogP contribution in [0.25, 0.3) is 0 Å². The maximum Gasteiger partial charge on any atom is 0.244 e. The summed E-state index contributed by atoms with van der Waals surface area (Å²) in [5.41, 5.74) is 0.653. The molecule has 0 radical (unpaired) electrons. The van der Waals surface area contributed by atoms with Crippen molar-refractivity contribution in [2.24, 2.45) is 0 Å². The summed E-state index contributed by atoms with van der Waals surface area (Å²) in [6.45, 7) is 4.64. The Kier molecular flexibility index (Phi) is 5.78. The van der Waals surface area contributed by atoms with E-state index in [9.17, 15) is 8.42 Å². The maximum absolute atomic E-state index is 12.2. The first-order chi connectivity index (χ1) is 8.89. The Labute approximate surface area is 116 Å². The third-order valence-corrected chi connectivity index (χ3v) is 4.87. The molecule has 0 unspecified atom stereocenters. The molecule has 5 nitrogen and oxygen atoms in total. The van der Waals surface area contributed by atoms with Crippen LogP contribution in [0.2, 0.25) is 0 Å². The summed E-state index contributed by atoms with van der Waals surface area (Å²) >= 11 is 0. The summed E-state index contributed by atoms with van der Waals surface area (Å²) in [6, 6.07) is 6.99. The highest BCUT2D eigenvalue weighted by Gasteiger charge is 2.20. The van der Waals surface area contributed by atoms with E-state index in [1.165, 1.54) is 18.4 Å². The highest BCUT2D eigenvalue weighted by Crippen LogP contribution is 2.22. The molecular weight excluding hydrogens is 262 g/mol. The van der Waals surface area contributed by atoms with Crippen molar-refractivity contribution in [3.63, 3.8) is 0 Å². The number of hydrogen-bond acceptors (Lipinski definition) is 4. The van der Waals surface area contributed by atoms with E-state index in [0.717, 1.165) is 13.1 Å². The average molecular weight is 285 g/mol. The molecule has 0 bridgehead atoms. The molecule has 0 saturated carbocycles. The molecule has 0 fully saturated rings. The first-order valence-electron chi connectivity index (χ1n) is 6.33. The van der Waals surface area contributed by atoms with Gasteiger partial charge in [0, 0.05) is 27.2 Å². The van der Waals surface area contributed by atoms with Gasteiger partial charge in [-0.05, 0) is 25.7 Å². The lowest BCUT2D eigenvalue weighted by molar-refractivity contribution is 0.367. The predicted molar refractivity (Wildman–Crippen MR) is 79.0 cm³/mol. The van der Waals surface area contributed by atoms with Crippen LogP contribution in [-0.4, -0.2) is 58.4 Å². The number of anilines is 1. The highest BCUT2D eigenvalue weighted by atomic mass is 32.2. The van der Waals surface area contributed by atoms with Crippen molar-refractivity contribution in [1.29, 1.82) is 0 Å². The zero-order valence-corrected chi connectivity index (χ0v) is 12.9. The Balaban J connectivity index is 2.86. The van der Waals surface area contributed by atoms with Crippen LogP contribution in [0.15, 0.2) is 29.2 Å². The van der Waals surface area contributed by atoms with Gasteiger partial charge in [-0.3, -0.25) is 0 Å². The van der Waals surface area contributed by atoms with Crippen molar-refractivity contribution in [3.8, 4) is 0 Å². The van der Waals surface area contributed by atoms with Gasteiger partial charge >= 0.3 is 0 Å². The molecule has 1 aromatic rings. The van der Waals surface area contributed by atoms with Crippen LogP contribution in [0.3, 0.4) is 0 Å². The van der Waals surface area contributed by atoms with Crippen molar-refractivity contribution in [2.75, 3.05) is 46.1 Å². The summed E-state index contributed by atoms with van der Waals surface area (Å²) in [6.07, 6.45) is 0. The zero-order valence-electron chi connectivity index (χ0n) is 12.0. The fourth-order valence-electron chi connectivity index (χ4n) is 1.57. The first-order valence-corrected chi connectivity index (χ1v) is 7.77. The van der Waals surface area contributed by atoms with Gasteiger partial charge in [0.1, 0.15) is 4.90 Å². The molecule has 0 aliphatic carbocycles. The molecule has 0 spiro atoms. The maximum atomic E-state index is 12.2. The van der Waals surface area contributed by atoms with E-state index in [2.05, 4.69) is 17.1 Å². The van der Waals surface area contributed by atoms with Crippen molar-refractivity contribution in [1.82, 2.24) is 9.21 Å². The summed E-state index contributed by atoms with van der Waals surface area (Å²) in [7, 11) is 1.70. The summed E-state index contributed by atoms with van der Waals surface area (Å²) in [5, 5.41) is 3.19. The van der Waals surface area contributed by atoms with Crippen LogP contribution in [0, 0.1) is 0 Å². The lowest BCUT2D eigenvalue weighted by Gasteiger charge is -2.18. The standard InChI is InChI=1S/C13H23N3O2S/c1-5-16(4)11-10-14-12-8-6-7-9-13(12)19(17,18)15(2)3/h6-9,14H,5,10-11H2,1-4H3. The summed E-state index contributed by atoms with van der Waals surface area (Å²) < 4.78 is 25.6. The lowest BCUT2D eigenvalue weighted by atomic mass is 10.3. The molecule has 0 atom stereocenters. The molecule has 108 valence electrons. The van der Waals surface area contributed by atoms with Gasteiger partial charge in [-0.1, -0.05) is 19.1 Å². The second kappa shape index (κ2) is 6.88. The van der Waals surface area contributed by atoms with Gasteiger partial charge in [0.05, 0.1) is 5.69 Å². The van der Waals surface area contributed by atoms with Crippen LogP contribution in [0.1, 0.15) is 6.92 Å². The van der Waals surface area contributed by atoms with Gasteiger partial charge in [-0.25, -0.2) is 12.7 Å². The van der Waals surface area contributed by atoms with Crippen LogP contribution in [-0.2, 0) is 10.0 Å². The van der Waals surface area contributed by atoms with Crippen molar-refractivity contribution < 1.29 is 8.42 Å². The van der Waals surface area contributed by atoms with Gasteiger partial charge in [-0.2, -0.15) is 0 Å². The molecule has 1 aromatic carbocycles. The van der Waals surface area contributed by atoms with Gasteiger partial charge < -0.3 is 10.2 Å². The molecule has 6 heteroatoms. The van der Waals surface area contributed by atoms with Crippen molar-refractivity contribution in [2.45, 2.75) is 11.8 Å². The first kappa shape index (κ1) is 15.9. The van der Waals surface area contributed by atoms with E-state index in [1.54, 1.807) is 18.2 Å². The molecule has 19 heavy (non-hydrogen) atoms. The second-order valence-electron chi connectivity index (χ2n) is 4.61. The fraction of sp³-hybridized carbons (Fsp3) is 0.538. The van der Waals surface area contributed by atoms with Crippen LogP contribution in [0.5, 0.6) is 0 Å². The fourth-order valence-corrected chi connectivity index (χ4v) is 2.64. The number of sulfonamides is 1. The number of hydrogen-bond donors (Lipinski definition) is 1. The van der Waals surface area contributed by atoms with E-state index in [1.807, 2.05) is 13.1 Å². The Morgan fingerprint density at radius 3 is 2.37 bits per heavy atom. The van der Waals surface area contributed by atoms with Crippen LogP contribution in [0.4, 0.5) is 5.69 Å². The largest absolute Gasteiger partial charge is 0.383 e. The molecule has 0 aliphatic rings. The number of rotatable bonds is 7. The minimum absolute atomic E-state index is 0.319. The van der Waals surface area contributed by atoms with Crippen molar-refractivity contribution >= 4 is 15.7 Å². The van der Waals surface area contributed by atoms with Gasteiger partial charge in [0.25, 0.3) is 0 Å². The number of para-hydroxylation sites is 1. The Morgan fingerprint density at radius 2 is 1.79 bits per heavy atom. The predicted octanol–water partition coefficient (Wildman–Crippen LogP) is 1.30. The Bertz CT molecular complexity index is 500. The van der Waals surface area contributed by atoms with E-state index in [4.69, 9.17) is 0 Å². The van der Waals surface area contributed by atoms with E-state index in [0.29, 0.717) is 17.1 Å². The zero-order chi connectivity index (χ0) is 14.5. The minimum Gasteiger partial charge on any atom is -0.383 e. The topological polar surface area (TPSA) is 52.7 Å². The smallest absolute Gasteiger partial charge is 0.244 e. The van der Waals surface area contributed by atoms with E-state index >= 15 is 0 Å². The monoisotopic (exact) mass is 285 g/mol. The summed E-state index contributed by atoms with van der Waals surface area (Å²) in [4.78, 5) is 2.48. The molecule has 0 heterocycles. The normalized spacial score (nSPS) is 12.1. The second-order valence-corrected chi connectivity index (χ2v) is 6.73. The number of benzene rings is 1. The molecular formula is C13H23N3O2S.